The summed E-state index contributed by atoms with van der Waals surface area (Å²) in [5.74, 6) is 0.329. The van der Waals surface area contributed by atoms with Crippen molar-refractivity contribution < 1.29 is 9.53 Å². The van der Waals surface area contributed by atoms with Gasteiger partial charge in [0.05, 0.1) is 0 Å². The molecule has 0 radical (unpaired) electrons. The van der Waals surface area contributed by atoms with Gasteiger partial charge in [-0.05, 0) is 35.3 Å². The van der Waals surface area contributed by atoms with Crippen LogP contribution in [0, 0.1) is 16.7 Å². The smallest absolute Gasteiger partial charge is 0.303 e. The van der Waals surface area contributed by atoms with E-state index in [1.165, 1.54) is 24.5 Å². The number of fused-ring (bicyclic) bond motifs is 2. The average Bonchev–Trinajstić information content (AvgIpc) is 2.73. The van der Waals surface area contributed by atoms with Crippen molar-refractivity contribution >= 4 is 12.0 Å². The summed E-state index contributed by atoms with van der Waals surface area (Å²) in [6, 6.07) is 10.3. The van der Waals surface area contributed by atoms with E-state index in [0.29, 0.717) is 5.92 Å². The third-order valence-electron chi connectivity index (χ3n) is 6.00. The van der Waals surface area contributed by atoms with Gasteiger partial charge in [-0.15, -0.1) is 0 Å². The highest BCUT2D eigenvalue weighted by Gasteiger charge is 2.65. The van der Waals surface area contributed by atoms with Crippen LogP contribution in [0.1, 0.15) is 46.1 Å². The standard InChI is InChI=1S/C19H24O2/c1-13(20)21-17-15(12-14-8-6-5-7-9-14)16-10-11-19(17,4)18(16,2)3/h5-9,12,16-17H,10-11H2,1-4H3/b15-12-/t16-,17-,19+/m0/s1. The van der Waals surface area contributed by atoms with E-state index in [9.17, 15) is 4.79 Å². The minimum atomic E-state index is -0.177. The van der Waals surface area contributed by atoms with Gasteiger partial charge in [-0.2, -0.15) is 0 Å². The minimum absolute atomic E-state index is 0.0456. The zero-order chi connectivity index (χ0) is 15.3. The number of ether oxygens (including phenoxy) is 1. The minimum Gasteiger partial charge on any atom is -0.457 e. The van der Waals surface area contributed by atoms with E-state index in [1.807, 2.05) is 18.2 Å². The van der Waals surface area contributed by atoms with Crippen molar-refractivity contribution in [2.45, 2.75) is 46.6 Å². The van der Waals surface area contributed by atoms with E-state index in [4.69, 9.17) is 4.74 Å². The van der Waals surface area contributed by atoms with Crippen LogP contribution in [0.2, 0.25) is 0 Å². The Morgan fingerprint density at radius 1 is 1.24 bits per heavy atom. The van der Waals surface area contributed by atoms with E-state index in [0.717, 1.165) is 6.42 Å². The van der Waals surface area contributed by atoms with Crippen LogP contribution in [0.5, 0.6) is 0 Å². The molecule has 2 saturated carbocycles. The van der Waals surface area contributed by atoms with Crippen LogP contribution in [-0.2, 0) is 9.53 Å². The SMILES string of the molecule is CC(=O)O[C@H]1/C(=C\c2ccccc2)[C@@H]2CC[C@@]1(C)C2(C)C. The number of hydrogen-bond donors (Lipinski definition) is 0. The highest BCUT2D eigenvalue weighted by molar-refractivity contribution is 5.68. The van der Waals surface area contributed by atoms with Gasteiger partial charge in [0.25, 0.3) is 0 Å². The maximum Gasteiger partial charge on any atom is 0.303 e. The summed E-state index contributed by atoms with van der Waals surface area (Å²) in [4.78, 5) is 11.6. The van der Waals surface area contributed by atoms with E-state index in [2.05, 4.69) is 39.0 Å². The van der Waals surface area contributed by atoms with Gasteiger partial charge in [0.1, 0.15) is 6.10 Å². The lowest BCUT2D eigenvalue weighted by Gasteiger charge is -2.38. The van der Waals surface area contributed by atoms with Crippen LogP contribution in [0.3, 0.4) is 0 Å². The van der Waals surface area contributed by atoms with Gasteiger partial charge >= 0.3 is 5.97 Å². The van der Waals surface area contributed by atoms with Gasteiger partial charge < -0.3 is 4.74 Å². The fourth-order valence-corrected chi connectivity index (χ4v) is 4.41. The van der Waals surface area contributed by atoms with Crippen molar-refractivity contribution in [3.63, 3.8) is 0 Å². The maximum absolute atomic E-state index is 11.6. The van der Waals surface area contributed by atoms with Crippen molar-refractivity contribution in [1.29, 1.82) is 0 Å². The molecule has 2 nitrogen and oxygen atoms in total. The molecule has 3 atom stereocenters. The monoisotopic (exact) mass is 284 g/mol. The molecule has 0 N–H and O–H groups in total. The topological polar surface area (TPSA) is 26.3 Å². The largest absolute Gasteiger partial charge is 0.457 e. The summed E-state index contributed by atoms with van der Waals surface area (Å²) in [6.07, 6.45) is 4.49. The molecule has 0 aromatic heterocycles. The second-order valence-electron chi connectivity index (χ2n) is 7.27. The molecule has 0 heterocycles. The van der Waals surface area contributed by atoms with Crippen LogP contribution in [-0.4, -0.2) is 12.1 Å². The van der Waals surface area contributed by atoms with Gasteiger partial charge in [-0.1, -0.05) is 57.2 Å². The van der Waals surface area contributed by atoms with E-state index in [1.54, 1.807) is 0 Å². The molecular weight excluding hydrogens is 260 g/mol. The molecule has 1 aromatic rings. The number of carbonyl (C=O) groups excluding carboxylic acids is 1. The molecule has 2 aliphatic carbocycles. The first-order valence-corrected chi connectivity index (χ1v) is 7.80. The highest BCUT2D eigenvalue weighted by atomic mass is 16.5. The van der Waals surface area contributed by atoms with Gasteiger partial charge in [0, 0.05) is 12.3 Å². The molecule has 3 rings (SSSR count). The van der Waals surface area contributed by atoms with Gasteiger partial charge in [0.15, 0.2) is 0 Å². The summed E-state index contributed by atoms with van der Waals surface area (Å²) in [5.41, 5.74) is 2.71. The van der Waals surface area contributed by atoms with Crippen LogP contribution in [0.4, 0.5) is 0 Å². The van der Waals surface area contributed by atoms with Crippen molar-refractivity contribution in [2.24, 2.45) is 16.7 Å². The first-order chi connectivity index (χ1) is 9.86. The Morgan fingerprint density at radius 3 is 2.52 bits per heavy atom. The third-order valence-corrected chi connectivity index (χ3v) is 6.00. The average molecular weight is 284 g/mol. The zero-order valence-electron chi connectivity index (χ0n) is 13.3. The number of benzene rings is 1. The quantitative estimate of drug-likeness (QED) is 0.750. The maximum atomic E-state index is 11.6. The van der Waals surface area contributed by atoms with Crippen LogP contribution in [0.25, 0.3) is 6.08 Å². The number of esters is 1. The molecule has 112 valence electrons. The number of hydrogen-bond acceptors (Lipinski definition) is 2. The van der Waals surface area contributed by atoms with Crippen LogP contribution in [0.15, 0.2) is 35.9 Å². The molecule has 2 heteroatoms. The zero-order valence-corrected chi connectivity index (χ0v) is 13.3. The predicted octanol–water partition coefficient (Wildman–Crippen LogP) is 4.46. The second kappa shape index (κ2) is 4.72. The fraction of sp³-hybridized carbons (Fsp3) is 0.526. The molecule has 0 spiro atoms. The Bertz CT molecular complexity index is 585. The molecule has 2 bridgehead atoms. The Morgan fingerprint density at radius 2 is 1.90 bits per heavy atom. The summed E-state index contributed by atoms with van der Waals surface area (Å²) < 4.78 is 5.76. The van der Waals surface area contributed by atoms with Crippen molar-refractivity contribution in [3.05, 3.63) is 41.5 Å². The first-order valence-electron chi connectivity index (χ1n) is 7.80. The lowest BCUT2D eigenvalue weighted by Crippen LogP contribution is -2.38. The normalized spacial score (nSPS) is 35.1. The van der Waals surface area contributed by atoms with Crippen molar-refractivity contribution in [3.8, 4) is 0 Å². The Kier molecular flexibility index (Phi) is 3.23. The van der Waals surface area contributed by atoms with E-state index >= 15 is 0 Å². The van der Waals surface area contributed by atoms with Gasteiger partial charge in [-0.25, -0.2) is 0 Å². The molecule has 0 aliphatic heterocycles. The van der Waals surface area contributed by atoms with Crippen LogP contribution >= 0.6 is 0 Å². The molecule has 2 aliphatic rings. The Labute approximate surface area is 127 Å². The fourth-order valence-electron chi connectivity index (χ4n) is 4.41. The second-order valence-corrected chi connectivity index (χ2v) is 7.27. The van der Waals surface area contributed by atoms with Gasteiger partial charge in [-0.3, -0.25) is 4.79 Å². The van der Waals surface area contributed by atoms with E-state index in [-0.39, 0.29) is 22.9 Å². The lowest BCUT2D eigenvalue weighted by molar-refractivity contribution is -0.151. The molecular formula is C19H24O2. The molecule has 0 saturated heterocycles. The molecule has 2 fully saturated rings. The van der Waals surface area contributed by atoms with Crippen molar-refractivity contribution in [1.82, 2.24) is 0 Å². The number of carbonyl (C=O) groups is 1. The molecule has 1 aromatic carbocycles. The first kappa shape index (κ1) is 14.4. The Balaban J connectivity index is 2.06. The van der Waals surface area contributed by atoms with Crippen molar-refractivity contribution in [2.75, 3.05) is 0 Å². The summed E-state index contributed by atoms with van der Waals surface area (Å²) >= 11 is 0. The third kappa shape index (κ3) is 2.04. The van der Waals surface area contributed by atoms with Gasteiger partial charge in [0.2, 0.25) is 0 Å². The Hall–Kier alpha value is -1.57. The molecule has 0 amide bonds. The highest BCUT2D eigenvalue weighted by Crippen LogP contribution is 2.68. The number of rotatable bonds is 2. The van der Waals surface area contributed by atoms with E-state index < -0.39 is 0 Å². The lowest BCUT2D eigenvalue weighted by atomic mass is 9.70. The molecule has 0 unspecified atom stereocenters. The predicted molar refractivity (Wildman–Crippen MR) is 84.6 cm³/mol. The summed E-state index contributed by atoms with van der Waals surface area (Å²) in [5, 5.41) is 0. The summed E-state index contributed by atoms with van der Waals surface area (Å²) in [7, 11) is 0. The van der Waals surface area contributed by atoms with Crippen LogP contribution < -0.4 is 0 Å². The summed E-state index contributed by atoms with van der Waals surface area (Å²) in [6.45, 7) is 8.45. The molecule has 21 heavy (non-hydrogen) atoms.